The molecule has 0 unspecified atom stereocenters. The average Bonchev–Trinajstić information content (AvgIpc) is 2.39. The fraction of sp³-hybridized carbons (Fsp3) is 0.417. The summed E-state index contributed by atoms with van der Waals surface area (Å²) in [6, 6.07) is 6.83. The molecule has 0 N–H and O–H groups in total. The quantitative estimate of drug-likeness (QED) is 0.772. The summed E-state index contributed by atoms with van der Waals surface area (Å²) >= 11 is 0. The number of carbonyl (C=O) groups excluding carboxylic acids is 1. The smallest absolute Gasteiger partial charge is 0.243 e. The van der Waals surface area contributed by atoms with Crippen LogP contribution < -0.4 is 5.11 Å². The van der Waals surface area contributed by atoms with E-state index in [2.05, 4.69) is 0 Å². The van der Waals surface area contributed by atoms with Crippen LogP contribution in [0, 0.1) is 0 Å². The molecule has 1 aromatic carbocycles. The minimum atomic E-state index is -3.74. The fourth-order valence-corrected chi connectivity index (χ4v) is 3.82. The van der Waals surface area contributed by atoms with Gasteiger partial charge in [-0.1, -0.05) is 24.6 Å². The minimum absolute atomic E-state index is 0.123. The summed E-state index contributed by atoms with van der Waals surface area (Å²) in [5, 5.41) is 11.0. The minimum Gasteiger partial charge on any atom is -0.548 e. The van der Waals surface area contributed by atoms with E-state index < -0.39 is 22.0 Å². The first-order chi connectivity index (χ1) is 8.53. The lowest BCUT2D eigenvalue weighted by atomic mass is 10.1. The molecule has 0 aliphatic carbocycles. The number of carboxylic acids is 1. The molecule has 18 heavy (non-hydrogen) atoms. The van der Waals surface area contributed by atoms with Gasteiger partial charge in [0.2, 0.25) is 10.0 Å². The third kappa shape index (κ3) is 2.39. The van der Waals surface area contributed by atoms with E-state index >= 15 is 0 Å². The Labute approximate surface area is 106 Å². The van der Waals surface area contributed by atoms with Gasteiger partial charge in [-0.25, -0.2) is 8.42 Å². The molecule has 1 saturated heterocycles. The van der Waals surface area contributed by atoms with Gasteiger partial charge in [0.15, 0.2) is 0 Å². The lowest BCUT2D eigenvalue weighted by molar-refractivity contribution is -0.311. The van der Waals surface area contributed by atoms with E-state index in [1.807, 2.05) is 0 Å². The number of hydrogen-bond donors (Lipinski definition) is 0. The molecule has 1 fully saturated rings. The van der Waals surface area contributed by atoms with Gasteiger partial charge >= 0.3 is 0 Å². The first-order valence-electron chi connectivity index (χ1n) is 5.81. The van der Waals surface area contributed by atoms with Crippen LogP contribution in [0.3, 0.4) is 0 Å². The molecule has 1 heterocycles. The Kier molecular flexibility index (Phi) is 3.68. The highest BCUT2D eigenvalue weighted by Gasteiger charge is 2.33. The number of nitrogens with zero attached hydrogens (tertiary/aromatic N) is 1. The van der Waals surface area contributed by atoms with Crippen molar-refractivity contribution in [2.45, 2.75) is 30.2 Å². The predicted octanol–water partition coefficient (Wildman–Crippen LogP) is -0.0203. The maximum Gasteiger partial charge on any atom is 0.243 e. The molecule has 0 saturated carbocycles. The van der Waals surface area contributed by atoms with Crippen molar-refractivity contribution < 1.29 is 18.3 Å². The van der Waals surface area contributed by atoms with E-state index in [-0.39, 0.29) is 11.4 Å². The Morgan fingerprint density at radius 2 is 1.89 bits per heavy atom. The maximum atomic E-state index is 12.3. The molecular weight excluding hydrogens is 254 g/mol. The van der Waals surface area contributed by atoms with Gasteiger partial charge < -0.3 is 9.90 Å². The number of aliphatic carboxylic acids is 1. The highest BCUT2D eigenvalue weighted by Crippen LogP contribution is 2.24. The standard InChI is InChI=1S/C12H15NO4S/c14-12(15)11-8-4-5-9-13(11)18(16,17)10-6-2-1-3-7-10/h1-3,6-7,11H,4-5,8-9H2,(H,14,15)/p-1/t11-/m1/s1. The molecule has 0 aromatic heterocycles. The summed E-state index contributed by atoms with van der Waals surface area (Å²) in [6.45, 7) is 0.232. The van der Waals surface area contributed by atoms with Crippen LogP contribution >= 0.6 is 0 Å². The molecule has 2 rings (SSSR count). The summed E-state index contributed by atoms with van der Waals surface area (Å²) < 4.78 is 25.7. The second-order valence-corrected chi connectivity index (χ2v) is 6.15. The van der Waals surface area contributed by atoms with Crippen LogP contribution in [0.1, 0.15) is 19.3 Å². The second kappa shape index (κ2) is 5.07. The molecule has 0 amide bonds. The Morgan fingerprint density at radius 1 is 1.22 bits per heavy atom. The van der Waals surface area contributed by atoms with E-state index in [1.165, 1.54) is 12.1 Å². The van der Waals surface area contributed by atoms with Crippen molar-refractivity contribution in [3.63, 3.8) is 0 Å². The third-order valence-electron chi connectivity index (χ3n) is 3.08. The molecule has 1 aliphatic rings. The highest BCUT2D eigenvalue weighted by atomic mass is 32.2. The molecular formula is C12H14NO4S-. The molecule has 1 atom stereocenters. The molecule has 6 heteroatoms. The number of benzene rings is 1. The number of carbonyl (C=O) groups is 1. The van der Waals surface area contributed by atoms with Crippen LogP contribution in [0.2, 0.25) is 0 Å². The highest BCUT2D eigenvalue weighted by molar-refractivity contribution is 7.89. The van der Waals surface area contributed by atoms with Crippen LogP contribution in [0.4, 0.5) is 0 Å². The van der Waals surface area contributed by atoms with Crippen LogP contribution in [-0.2, 0) is 14.8 Å². The van der Waals surface area contributed by atoms with Crippen molar-refractivity contribution >= 4 is 16.0 Å². The summed E-state index contributed by atoms with van der Waals surface area (Å²) in [5.41, 5.74) is 0. The van der Waals surface area contributed by atoms with E-state index in [0.29, 0.717) is 19.3 Å². The second-order valence-electron chi connectivity index (χ2n) is 4.26. The van der Waals surface area contributed by atoms with Crippen molar-refractivity contribution in [2.24, 2.45) is 0 Å². The molecule has 5 nitrogen and oxygen atoms in total. The van der Waals surface area contributed by atoms with E-state index in [0.717, 1.165) is 4.31 Å². The van der Waals surface area contributed by atoms with Crippen molar-refractivity contribution in [1.29, 1.82) is 0 Å². The Morgan fingerprint density at radius 3 is 2.50 bits per heavy atom. The molecule has 98 valence electrons. The maximum absolute atomic E-state index is 12.3. The van der Waals surface area contributed by atoms with Crippen molar-refractivity contribution in [3.05, 3.63) is 30.3 Å². The van der Waals surface area contributed by atoms with Crippen LogP contribution in [0.5, 0.6) is 0 Å². The molecule has 1 aromatic rings. The SMILES string of the molecule is O=C([O-])[C@H]1CCCCN1S(=O)(=O)c1ccccc1. The number of carboxylic acid groups (broad SMARTS) is 1. The Bertz CT molecular complexity index is 526. The molecule has 0 spiro atoms. The van der Waals surface area contributed by atoms with Gasteiger partial charge in [-0.05, 0) is 25.0 Å². The lowest BCUT2D eigenvalue weighted by Crippen LogP contribution is -2.52. The Balaban J connectivity index is 2.36. The van der Waals surface area contributed by atoms with E-state index in [1.54, 1.807) is 18.2 Å². The van der Waals surface area contributed by atoms with Gasteiger partial charge in [0.25, 0.3) is 0 Å². The van der Waals surface area contributed by atoms with E-state index in [4.69, 9.17) is 0 Å². The normalized spacial score (nSPS) is 21.7. The van der Waals surface area contributed by atoms with Crippen LogP contribution in [0.25, 0.3) is 0 Å². The van der Waals surface area contributed by atoms with Gasteiger partial charge in [-0.15, -0.1) is 0 Å². The zero-order valence-electron chi connectivity index (χ0n) is 9.78. The van der Waals surface area contributed by atoms with Crippen molar-refractivity contribution in [2.75, 3.05) is 6.54 Å². The van der Waals surface area contributed by atoms with Gasteiger partial charge in [0, 0.05) is 6.54 Å². The van der Waals surface area contributed by atoms with Gasteiger partial charge in [-0.3, -0.25) is 0 Å². The zero-order chi connectivity index (χ0) is 13.2. The largest absolute Gasteiger partial charge is 0.548 e. The summed E-state index contributed by atoms with van der Waals surface area (Å²) in [7, 11) is -3.74. The topological polar surface area (TPSA) is 77.5 Å². The van der Waals surface area contributed by atoms with Gasteiger partial charge in [0.1, 0.15) is 0 Å². The lowest BCUT2D eigenvalue weighted by Gasteiger charge is -2.35. The van der Waals surface area contributed by atoms with Gasteiger partial charge in [-0.2, -0.15) is 4.31 Å². The fourth-order valence-electron chi connectivity index (χ4n) is 2.16. The first kappa shape index (κ1) is 13.0. The van der Waals surface area contributed by atoms with Crippen LogP contribution in [0.15, 0.2) is 35.2 Å². The summed E-state index contributed by atoms with van der Waals surface area (Å²) in [4.78, 5) is 11.1. The predicted molar refractivity (Wildman–Crippen MR) is 63.0 cm³/mol. The Hall–Kier alpha value is -1.40. The number of rotatable bonds is 3. The summed E-state index contributed by atoms with van der Waals surface area (Å²) in [6.07, 6.45) is 1.70. The summed E-state index contributed by atoms with van der Waals surface area (Å²) in [5.74, 6) is -1.32. The first-order valence-corrected chi connectivity index (χ1v) is 7.25. The van der Waals surface area contributed by atoms with Crippen molar-refractivity contribution in [3.8, 4) is 0 Å². The molecule has 0 bridgehead atoms. The zero-order valence-corrected chi connectivity index (χ0v) is 10.6. The monoisotopic (exact) mass is 268 g/mol. The number of sulfonamides is 1. The number of piperidine rings is 1. The number of hydrogen-bond acceptors (Lipinski definition) is 4. The molecule has 1 aliphatic heterocycles. The van der Waals surface area contributed by atoms with Crippen LogP contribution in [-0.4, -0.2) is 31.3 Å². The van der Waals surface area contributed by atoms with E-state index in [9.17, 15) is 18.3 Å². The van der Waals surface area contributed by atoms with Gasteiger partial charge in [0.05, 0.1) is 16.9 Å². The molecule has 0 radical (unpaired) electrons. The average molecular weight is 268 g/mol. The third-order valence-corrected chi connectivity index (χ3v) is 5.00. The van der Waals surface area contributed by atoms with Crippen molar-refractivity contribution in [1.82, 2.24) is 4.31 Å².